The van der Waals surface area contributed by atoms with E-state index in [0.29, 0.717) is 17.4 Å². The Labute approximate surface area is 148 Å². The van der Waals surface area contributed by atoms with Crippen LogP contribution in [0.25, 0.3) is 0 Å². The molecule has 0 saturated carbocycles. The second kappa shape index (κ2) is 9.47. The van der Waals surface area contributed by atoms with Crippen LogP contribution < -0.4 is 10.1 Å². The first kappa shape index (κ1) is 18.5. The largest absolute Gasteiger partial charge is 0.482 e. The van der Waals surface area contributed by atoms with Gasteiger partial charge in [-0.1, -0.05) is 44.2 Å². The lowest BCUT2D eigenvalue weighted by molar-refractivity contribution is -0.149. The van der Waals surface area contributed by atoms with Gasteiger partial charge in [0.05, 0.1) is 0 Å². The second-order valence-electron chi connectivity index (χ2n) is 5.74. The molecule has 0 saturated heterocycles. The number of amides is 1. The normalized spacial score (nSPS) is 11.4. The number of carbonyl (C=O) groups excluding carboxylic acids is 2. The van der Waals surface area contributed by atoms with Gasteiger partial charge in [-0.25, -0.2) is 4.79 Å². The fraction of sp³-hybridized carbons (Fsp3) is 0.300. The molecule has 0 aromatic heterocycles. The Hall–Kier alpha value is -2.82. The lowest BCUT2D eigenvalue weighted by atomic mass is 9.99. The smallest absolute Gasteiger partial charge is 0.344 e. The van der Waals surface area contributed by atoms with E-state index in [2.05, 4.69) is 19.2 Å². The summed E-state index contributed by atoms with van der Waals surface area (Å²) < 4.78 is 10.2. The third-order valence-corrected chi connectivity index (χ3v) is 3.84. The average Bonchev–Trinajstić information content (AvgIpc) is 2.65. The highest BCUT2D eigenvalue weighted by Gasteiger charge is 2.09. The summed E-state index contributed by atoms with van der Waals surface area (Å²) in [5.41, 5.74) is 1.90. The molecule has 132 valence electrons. The van der Waals surface area contributed by atoms with Gasteiger partial charge < -0.3 is 14.8 Å². The number of hydrogen-bond donors (Lipinski definition) is 1. The molecular weight excluding hydrogens is 318 g/mol. The fourth-order valence-electron chi connectivity index (χ4n) is 2.17. The Balaban J connectivity index is 1.72. The zero-order chi connectivity index (χ0) is 18.1. The summed E-state index contributed by atoms with van der Waals surface area (Å²) in [6.07, 6.45) is 1.06. The van der Waals surface area contributed by atoms with Crippen molar-refractivity contribution < 1.29 is 19.1 Å². The van der Waals surface area contributed by atoms with E-state index in [-0.39, 0.29) is 19.1 Å². The molecule has 0 unspecified atom stereocenters. The van der Waals surface area contributed by atoms with Crippen molar-refractivity contribution >= 4 is 17.6 Å². The summed E-state index contributed by atoms with van der Waals surface area (Å²) in [7, 11) is 0. The molecule has 1 N–H and O–H groups in total. The van der Waals surface area contributed by atoms with E-state index in [0.717, 1.165) is 6.42 Å². The monoisotopic (exact) mass is 341 g/mol. The Morgan fingerprint density at radius 1 is 1.00 bits per heavy atom. The van der Waals surface area contributed by atoms with Gasteiger partial charge in [0, 0.05) is 5.69 Å². The van der Waals surface area contributed by atoms with Crippen LogP contribution in [0.3, 0.4) is 0 Å². The molecule has 1 amide bonds. The molecule has 1 atom stereocenters. The van der Waals surface area contributed by atoms with Gasteiger partial charge in [-0.15, -0.1) is 0 Å². The maximum absolute atomic E-state index is 11.8. The number of esters is 1. The topological polar surface area (TPSA) is 64.6 Å². The van der Waals surface area contributed by atoms with Crippen molar-refractivity contribution in [3.8, 4) is 5.75 Å². The predicted molar refractivity (Wildman–Crippen MR) is 96.7 cm³/mol. The van der Waals surface area contributed by atoms with Crippen molar-refractivity contribution in [3.63, 3.8) is 0 Å². The summed E-state index contributed by atoms with van der Waals surface area (Å²) in [5, 5.41) is 2.70. The molecule has 25 heavy (non-hydrogen) atoms. The molecule has 0 aliphatic heterocycles. The van der Waals surface area contributed by atoms with Gasteiger partial charge in [-0.05, 0) is 42.2 Å². The number of ether oxygens (including phenoxy) is 2. The van der Waals surface area contributed by atoms with Crippen LogP contribution in [0.2, 0.25) is 0 Å². The van der Waals surface area contributed by atoms with Crippen molar-refractivity contribution in [2.24, 2.45) is 0 Å². The molecule has 2 aromatic rings. The van der Waals surface area contributed by atoms with Crippen molar-refractivity contribution in [1.82, 2.24) is 0 Å². The molecule has 0 aliphatic carbocycles. The van der Waals surface area contributed by atoms with E-state index >= 15 is 0 Å². The molecule has 2 aromatic carbocycles. The molecule has 0 spiro atoms. The zero-order valence-corrected chi connectivity index (χ0v) is 14.5. The number of nitrogens with one attached hydrogen (secondary N) is 1. The minimum Gasteiger partial charge on any atom is -0.482 e. The lowest BCUT2D eigenvalue weighted by Crippen LogP contribution is -2.23. The minimum absolute atomic E-state index is 0.235. The maximum atomic E-state index is 11.8. The number of carbonyl (C=O) groups is 2. The first-order chi connectivity index (χ1) is 12.1. The highest BCUT2D eigenvalue weighted by atomic mass is 16.6. The summed E-state index contributed by atoms with van der Waals surface area (Å²) in [4.78, 5) is 23.4. The Morgan fingerprint density at radius 2 is 1.68 bits per heavy atom. The maximum Gasteiger partial charge on any atom is 0.344 e. The van der Waals surface area contributed by atoms with Gasteiger partial charge in [0.2, 0.25) is 0 Å². The molecule has 2 rings (SSSR count). The fourth-order valence-corrected chi connectivity index (χ4v) is 2.17. The quantitative estimate of drug-likeness (QED) is 0.743. The molecule has 0 fully saturated rings. The molecule has 0 heterocycles. The van der Waals surface area contributed by atoms with E-state index in [1.54, 1.807) is 24.3 Å². The number of anilines is 1. The SMILES string of the molecule is CC[C@@H](C)c1ccc(NC(=O)COC(=O)COc2ccccc2)cc1. The first-order valence-corrected chi connectivity index (χ1v) is 8.31. The third-order valence-electron chi connectivity index (χ3n) is 3.84. The highest BCUT2D eigenvalue weighted by molar-refractivity contribution is 5.92. The molecule has 0 aliphatic rings. The summed E-state index contributed by atoms with van der Waals surface area (Å²) in [6.45, 7) is 3.71. The van der Waals surface area contributed by atoms with Crippen LogP contribution in [-0.2, 0) is 14.3 Å². The Morgan fingerprint density at radius 3 is 2.32 bits per heavy atom. The van der Waals surface area contributed by atoms with Crippen LogP contribution in [0.4, 0.5) is 5.69 Å². The Bertz CT molecular complexity index is 683. The second-order valence-corrected chi connectivity index (χ2v) is 5.74. The number of benzene rings is 2. The van der Waals surface area contributed by atoms with Crippen LogP contribution in [-0.4, -0.2) is 25.1 Å². The van der Waals surface area contributed by atoms with Crippen LogP contribution in [0, 0.1) is 0 Å². The molecular formula is C20H23NO4. The average molecular weight is 341 g/mol. The summed E-state index contributed by atoms with van der Waals surface area (Å²) in [6, 6.07) is 16.6. The van der Waals surface area contributed by atoms with Crippen molar-refractivity contribution in [3.05, 3.63) is 60.2 Å². The van der Waals surface area contributed by atoms with Gasteiger partial charge in [0.25, 0.3) is 5.91 Å². The van der Waals surface area contributed by atoms with Gasteiger partial charge in [-0.2, -0.15) is 0 Å². The van der Waals surface area contributed by atoms with Gasteiger partial charge in [0.1, 0.15) is 5.75 Å². The standard InChI is InChI=1S/C20H23NO4/c1-3-15(2)16-9-11-17(12-10-16)21-19(22)13-25-20(23)14-24-18-7-5-4-6-8-18/h4-12,15H,3,13-14H2,1-2H3,(H,21,22)/t15-/m1/s1. The third kappa shape index (κ3) is 6.30. The van der Waals surface area contributed by atoms with E-state index < -0.39 is 5.97 Å². The van der Waals surface area contributed by atoms with Crippen molar-refractivity contribution in [2.75, 3.05) is 18.5 Å². The van der Waals surface area contributed by atoms with Crippen molar-refractivity contribution in [2.45, 2.75) is 26.2 Å². The minimum atomic E-state index is -0.592. The van der Waals surface area contributed by atoms with E-state index in [1.165, 1.54) is 5.56 Å². The summed E-state index contributed by atoms with van der Waals surface area (Å²) >= 11 is 0. The molecule has 0 radical (unpaired) electrons. The molecule has 5 nitrogen and oxygen atoms in total. The van der Waals surface area contributed by atoms with Crippen molar-refractivity contribution in [1.29, 1.82) is 0 Å². The first-order valence-electron chi connectivity index (χ1n) is 8.31. The number of hydrogen-bond acceptors (Lipinski definition) is 4. The van der Waals surface area contributed by atoms with E-state index in [1.807, 2.05) is 30.3 Å². The number of rotatable bonds is 8. The van der Waals surface area contributed by atoms with Crippen LogP contribution in [0.1, 0.15) is 31.7 Å². The van der Waals surface area contributed by atoms with Crippen LogP contribution >= 0.6 is 0 Å². The van der Waals surface area contributed by atoms with Gasteiger partial charge in [0.15, 0.2) is 13.2 Å². The zero-order valence-electron chi connectivity index (χ0n) is 14.5. The lowest BCUT2D eigenvalue weighted by Gasteiger charge is -2.11. The Kier molecular flexibility index (Phi) is 7.01. The van der Waals surface area contributed by atoms with E-state index in [4.69, 9.17) is 9.47 Å². The predicted octanol–water partition coefficient (Wildman–Crippen LogP) is 3.76. The van der Waals surface area contributed by atoms with E-state index in [9.17, 15) is 9.59 Å². The molecule has 0 bridgehead atoms. The highest BCUT2D eigenvalue weighted by Crippen LogP contribution is 2.20. The van der Waals surface area contributed by atoms with Gasteiger partial charge in [-0.3, -0.25) is 4.79 Å². The summed E-state index contributed by atoms with van der Waals surface area (Å²) in [5.74, 6) is 0.0797. The van der Waals surface area contributed by atoms with Crippen LogP contribution in [0.15, 0.2) is 54.6 Å². The number of para-hydroxylation sites is 1. The molecule has 5 heteroatoms. The van der Waals surface area contributed by atoms with Gasteiger partial charge >= 0.3 is 5.97 Å². The van der Waals surface area contributed by atoms with Crippen LogP contribution in [0.5, 0.6) is 5.75 Å².